The summed E-state index contributed by atoms with van der Waals surface area (Å²) < 4.78 is 7.88. The molecule has 0 spiro atoms. The summed E-state index contributed by atoms with van der Waals surface area (Å²) in [6, 6.07) is 1.69. The van der Waals surface area contributed by atoms with E-state index in [2.05, 4.69) is 21.0 Å². The third-order valence-electron chi connectivity index (χ3n) is 2.72. The van der Waals surface area contributed by atoms with Gasteiger partial charge in [0.15, 0.2) is 0 Å². The Bertz CT molecular complexity index is 606. The first-order chi connectivity index (χ1) is 9.04. The van der Waals surface area contributed by atoms with Crippen LogP contribution in [0.5, 0.6) is 0 Å². The van der Waals surface area contributed by atoms with Crippen LogP contribution in [-0.4, -0.2) is 15.7 Å². The van der Waals surface area contributed by atoms with Gasteiger partial charge in [0.1, 0.15) is 11.5 Å². The lowest BCUT2D eigenvalue weighted by molar-refractivity contribution is 0.0469. The van der Waals surface area contributed by atoms with Gasteiger partial charge in [0, 0.05) is 7.05 Å². The molecule has 0 unspecified atom stereocenters. The minimum atomic E-state index is -0.404. The second-order valence-electron chi connectivity index (χ2n) is 3.97. The van der Waals surface area contributed by atoms with Crippen LogP contribution in [0.25, 0.3) is 0 Å². The summed E-state index contributed by atoms with van der Waals surface area (Å²) in [7, 11) is 1.83. The molecule has 19 heavy (non-hydrogen) atoms. The number of ether oxygens (including phenoxy) is 1. The number of carbonyl (C=O) groups is 1. The normalized spacial score (nSPS) is 10.7. The maximum absolute atomic E-state index is 11.9. The Labute approximate surface area is 123 Å². The van der Waals surface area contributed by atoms with Crippen LogP contribution in [0.15, 0.2) is 15.9 Å². The van der Waals surface area contributed by atoms with Crippen LogP contribution in [-0.2, 0) is 24.8 Å². The van der Waals surface area contributed by atoms with Gasteiger partial charge in [-0.2, -0.15) is 5.10 Å². The highest BCUT2D eigenvalue weighted by molar-refractivity contribution is 9.10. The zero-order valence-electron chi connectivity index (χ0n) is 10.6. The van der Waals surface area contributed by atoms with Crippen LogP contribution in [0, 0.1) is 0 Å². The second-order valence-corrected chi connectivity index (χ2v) is 5.67. The van der Waals surface area contributed by atoms with Crippen LogP contribution < -0.4 is 5.73 Å². The van der Waals surface area contributed by atoms with E-state index in [9.17, 15) is 4.79 Å². The Hall–Kier alpha value is -1.34. The maximum atomic E-state index is 11.9. The van der Waals surface area contributed by atoms with Crippen molar-refractivity contribution in [3.8, 4) is 0 Å². The number of thiophene rings is 1. The highest BCUT2D eigenvalue weighted by Gasteiger charge is 2.17. The van der Waals surface area contributed by atoms with Crippen molar-refractivity contribution < 1.29 is 9.53 Å². The smallest absolute Gasteiger partial charge is 0.350 e. The topological polar surface area (TPSA) is 70.1 Å². The fourth-order valence-corrected chi connectivity index (χ4v) is 3.10. The van der Waals surface area contributed by atoms with Crippen LogP contribution >= 0.6 is 27.3 Å². The second kappa shape index (κ2) is 5.75. The van der Waals surface area contributed by atoms with Crippen molar-refractivity contribution >= 4 is 38.9 Å². The van der Waals surface area contributed by atoms with Crippen molar-refractivity contribution in [2.24, 2.45) is 7.05 Å². The monoisotopic (exact) mass is 343 g/mol. The molecule has 0 aliphatic rings. The summed E-state index contributed by atoms with van der Waals surface area (Å²) >= 11 is 4.76. The van der Waals surface area contributed by atoms with Crippen LogP contribution in [0.1, 0.15) is 28.0 Å². The Balaban J connectivity index is 2.09. The molecule has 2 aromatic rings. The molecule has 0 aliphatic heterocycles. The van der Waals surface area contributed by atoms with Gasteiger partial charge in [-0.3, -0.25) is 4.68 Å². The summed E-state index contributed by atoms with van der Waals surface area (Å²) in [4.78, 5) is 12.3. The van der Waals surface area contributed by atoms with Gasteiger partial charge in [0.05, 0.1) is 21.5 Å². The summed E-state index contributed by atoms with van der Waals surface area (Å²) in [5.74, 6) is -0.404. The third-order valence-corrected chi connectivity index (χ3v) is 4.55. The third kappa shape index (κ3) is 2.82. The molecule has 7 heteroatoms. The van der Waals surface area contributed by atoms with Crippen LogP contribution in [0.2, 0.25) is 0 Å². The largest absolute Gasteiger partial charge is 0.455 e. The molecule has 0 fully saturated rings. The molecule has 2 rings (SSSR count). The molecular formula is C12H14BrN3O2S. The molecule has 0 bridgehead atoms. The lowest BCUT2D eigenvalue weighted by Crippen LogP contribution is -2.08. The van der Waals surface area contributed by atoms with E-state index in [0.717, 1.165) is 22.3 Å². The van der Waals surface area contributed by atoms with Gasteiger partial charge < -0.3 is 10.5 Å². The number of esters is 1. The highest BCUT2D eigenvalue weighted by Crippen LogP contribution is 2.24. The number of nitrogen functional groups attached to an aromatic ring is 1. The summed E-state index contributed by atoms with van der Waals surface area (Å²) in [6.07, 6.45) is 0.820. The Morgan fingerprint density at radius 3 is 2.89 bits per heavy atom. The van der Waals surface area contributed by atoms with Gasteiger partial charge >= 0.3 is 5.97 Å². The zero-order valence-corrected chi connectivity index (χ0v) is 13.0. The molecule has 0 saturated heterocycles. The molecule has 0 aliphatic carbocycles. The van der Waals surface area contributed by atoms with E-state index in [1.807, 2.05) is 14.0 Å². The number of halogens is 1. The number of hydrogen-bond donors (Lipinski definition) is 1. The average molecular weight is 344 g/mol. The predicted molar refractivity (Wildman–Crippen MR) is 78.1 cm³/mol. The molecule has 0 radical (unpaired) electrons. The van der Waals surface area contributed by atoms with Crippen LogP contribution in [0.3, 0.4) is 0 Å². The number of aryl methyl sites for hydroxylation is 2. The number of rotatable bonds is 4. The molecular weight excluding hydrogens is 330 g/mol. The van der Waals surface area contributed by atoms with E-state index in [0.29, 0.717) is 10.6 Å². The van der Waals surface area contributed by atoms with E-state index >= 15 is 0 Å². The molecule has 0 saturated carbocycles. The molecule has 102 valence electrons. The summed E-state index contributed by atoms with van der Waals surface area (Å²) in [5, 5.41) is 6.11. The first-order valence-corrected chi connectivity index (χ1v) is 7.42. The maximum Gasteiger partial charge on any atom is 0.350 e. The van der Waals surface area contributed by atoms with Gasteiger partial charge in [0.2, 0.25) is 0 Å². The van der Waals surface area contributed by atoms with Crippen molar-refractivity contribution in [2.45, 2.75) is 20.0 Å². The Morgan fingerprint density at radius 1 is 1.63 bits per heavy atom. The summed E-state index contributed by atoms with van der Waals surface area (Å²) in [6.45, 7) is 2.19. The number of carbonyl (C=O) groups excluding carboxylic acids is 1. The van der Waals surface area contributed by atoms with E-state index in [-0.39, 0.29) is 6.61 Å². The van der Waals surface area contributed by atoms with Crippen LogP contribution in [0.4, 0.5) is 5.69 Å². The van der Waals surface area contributed by atoms with E-state index in [1.54, 1.807) is 16.1 Å². The lowest BCUT2D eigenvalue weighted by atomic mass is 10.3. The van der Waals surface area contributed by atoms with Crippen molar-refractivity contribution in [1.82, 2.24) is 9.78 Å². The van der Waals surface area contributed by atoms with Crippen molar-refractivity contribution in [3.63, 3.8) is 0 Å². The quantitative estimate of drug-likeness (QED) is 0.866. The number of anilines is 1. The van der Waals surface area contributed by atoms with Gasteiger partial charge in [-0.05, 0) is 33.8 Å². The minimum absolute atomic E-state index is 0.167. The van der Waals surface area contributed by atoms with Gasteiger partial charge in [-0.15, -0.1) is 11.3 Å². The van der Waals surface area contributed by atoms with E-state index < -0.39 is 5.97 Å². The van der Waals surface area contributed by atoms with E-state index in [4.69, 9.17) is 10.5 Å². The first-order valence-electron chi connectivity index (χ1n) is 5.75. The fraction of sp³-hybridized carbons (Fsp3) is 0.333. The van der Waals surface area contributed by atoms with Crippen molar-refractivity contribution in [2.75, 3.05) is 5.73 Å². The zero-order chi connectivity index (χ0) is 14.0. The molecule has 0 amide bonds. The van der Waals surface area contributed by atoms with Gasteiger partial charge in [0.25, 0.3) is 0 Å². The molecule has 2 heterocycles. The standard InChI is InChI=1S/C12H14BrN3O2S/c1-3-8-10(13)9(16(2)15-8)6-18-12(17)11-7(14)4-5-19-11/h4-5H,3,6,14H2,1-2H3. The molecule has 0 atom stereocenters. The van der Waals surface area contributed by atoms with Gasteiger partial charge in [-0.25, -0.2) is 4.79 Å². The average Bonchev–Trinajstić information content (AvgIpc) is 2.92. The van der Waals surface area contributed by atoms with E-state index in [1.165, 1.54) is 11.3 Å². The van der Waals surface area contributed by atoms with Gasteiger partial charge in [-0.1, -0.05) is 6.92 Å². The molecule has 2 N–H and O–H groups in total. The molecule has 0 aromatic carbocycles. The highest BCUT2D eigenvalue weighted by atomic mass is 79.9. The number of nitrogens with two attached hydrogens (primary N) is 1. The van der Waals surface area contributed by atoms with Crippen molar-refractivity contribution in [1.29, 1.82) is 0 Å². The first kappa shape index (κ1) is 14.1. The number of hydrogen-bond acceptors (Lipinski definition) is 5. The minimum Gasteiger partial charge on any atom is -0.455 e. The number of nitrogens with zero attached hydrogens (tertiary/aromatic N) is 2. The lowest BCUT2D eigenvalue weighted by Gasteiger charge is -2.05. The SMILES string of the molecule is CCc1nn(C)c(COC(=O)c2sccc2N)c1Br. The Morgan fingerprint density at radius 2 is 2.37 bits per heavy atom. The summed E-state index contributed by atoms with van der Waals surface area (Å²) in [5.41, 5.74) is 7.91. The molecule has 2 aromatic heterocycles. The predicted octanol–water partition coefficient (Wildman–Crippen LogP) is 2.75. The Kier molecular flexibility index (Phi) is 4.26. The molecule has 5 nitrogen and oxygen atoms in total. The fourth-order valence-electron chi connectivity index (χ4n) is 1.66. The number of aromatic nitrogens is 2. The van der Waals surface area contributed by atoms with Crippen molar-refractivity contribution in [3.05, 3.63) is 32.2 Å².